The molecule has 0 aromatic heterocycles. The van der Waals surface area contributed by atoms with E-state index in [9.17, 15) is 13.2 Å². The standard InChI is InChI=1S/C15H22F3N/c1-9-6-10(2)14(11(3)7-9)13(5)19-12(4)8-15(16,17)18/h6-7,12-13,19H,8H2,1-5H3. The Hall–Kier alpha value is -1.03. The lowest BCUT2D eigenvalue weighted by Crippen LogP contribution is -2.33. The van der Waals surface area contributed by atoms with Gasteiger partial charge in [-0.3, -0.25) is 0 Å². The van der Waals surface area contributed by atoms with Gasteiger partial charge >= 0.3 is 6.18 Å². The number of benzene rings is 1. The van der Waals surface area contributed by atoms with Gasteiger partial charge in [0, 0.05) is 12.1 Å². The highest BCUT2D eigenvalue weighted by atomic mass is 19.4. The van der Waals surface area contributed by atoms with E-state index in [-0.39, 0.29) is 6.04 Å². The lowest BCUT2D eigenvalue weighted by molar-refractivity contribution is -0.139. The molecule has 2 atom stereocenters. The number of hydrogen-bond acceptors (Lipinski definition) is 1. The van der Waals surface area contributed by atoms with Crippen molar-refractivity contribution < 1.29 is 13.2 Å². The number of alkyl halides is 3. The first-order valence-corrected chi connectivity index (χ1v) is 6.50. The zero-order chi connectivity index (χ0) is 14.8. The highest BCUT2D eigenvalue weighted by Gasteiger charge is 2.30. The van der Waals surface area contributed by atoms with Crippen LogP contribution < -0.4 is 5.32 Å². The molecular weight excluding hydrogens is 251 g/mol. The Labute approximate surface area is 113 Å². The van der Waals surface area contributed by atoms with Gasteiger partial charge in [-0.1, -0.05) is 17.7 Å². The molecule has 19 heavy (non-hydrogen) atoms. The van der Waals surface area contributed by atoms with E-state index in [1.165, 1.54) is 5.56 Å². The first-order valence-electron chi connectivity index (χ1n) is 6.50. The van der Waals surface area contributed by atoms with Crippen LogP contribution in [-0.2, 0) is 0 Å². The van der Waals surface area contributed by atoms with Crippen LogP contribution in [0.3, 0.4) is 0 Å². The molecule has 1 N–H and O–H groups in total. The third-order valence-electron chi connectivity index (χ3n) is 3.24. The van der Waals surface area contributed by atoms with Gasteiger partial charge in [0.05, 0.1) is 6.42 Å². The molecule has 0 fully saturated rings. The lowest BCUT2D eigenvalue weighted by atomic mass is 9.94. The second-order valence-electron chi connectivity index (χ2n) is 5.42. The smallest absolute Gasteiger partial charge is 0.307 e. The highest BCUT2D eigenvalue weighted by Crippen LogP contribution is 2.26. The molecular formula is C15H22F3N. The van der Waals surface area contributed by atoms with Crippen LogP contribution in [0.4, 0.5) is 13.2 Å². The van der Waals surface area contributed by atoms with Gasteiger partial charge in [-0.15, -0.1) is 0 Å². The summed E-state index contributed by atoms with van der Waals surface area (Å²) in [5.74, 6) is 0. The Morgan fingerprint density at radius 1 is 1.05 bits per heavy atom. The number of aryl methyl sites for hydroxylation is 3. The van der Waals surface area contributed by atoms with Gasteiger partial charge in [0.1, 0.15) is 0 Å². The molecule has 0 spiro atoms. The van der Waals surface area contributed by atoms with Crippen LogP contribution in [0.15, 0.2) is 12.1 Å². The number of halogens is 3. The fraction of sp³-hybridized carbons (Fsp3) is 0.600. The Kier molecular flexibility index (Phi) is 5.02. The average Bonchev–Trinajstić information content (AvgIpc) is 2.10. The molecule has 0 aliphatic rings. The third-order valence-corrected chi connectivity index (χ3v) is 3.24. The van der Waals surface area contributed by atoms with E-state index in [4.69, 9.17) is 0 Å². The van der Waals surface area contributed by atoms with Crippen LogP contribution in [0.25, 0.3) is 0 Å². The fourth-order valence-electron chi connectivity index (χ4n) is 2.79. The third kappa shape index (κ3) is 4.86. The fourth-order valence-corrected chi connectivity index (χ4v) is 2.79. The SMILES string of the molecule is Cc1cc(C)c(C(C)NC(C)CC(F)(F)F)c(C)c1. The molecule has 0 saturated heterocycles. The molecule has 0 amide bonds. The quantitative estimate of drug-likeness (QED) is 0.845. The predicted molar refractivity (Wildman–Crippen MR) is 72.3 cm³/mol. The maximum absolute atomic E-state index is 12.3. The van der Waals surface area contributed by atoms with Crippen LogP contribution in [-0.4, -0.2) is 12.2 Å². The number of rotatable bonds is 4. The molecule has 1 nitrogen and oxygen atoms in total. The topological polar surface area (TPSA) is 12.0 Å². The molecule has 0 saturated carbocycles. The largest absolute Gasteiger partial charge is 0.390 e. The Morgan fingerprint density at radius 2 is 1.53 bits per heavy atom. The second kappa shape index (κ2) is 5.95. The van der Waals surface area contributed by atoms with E-state index < -0.39 is 18.6 Å². The summed E-state index contributed by atoms with van der Waals surface area (Å²) in [6.45, 7) is 9.51. The summed E-state index contributed by atoms with van der Waals surface area (Å²) in [6, 6.07) is 3.46. The van der Waals surface area contributed by atoms with E-state index in [0.29, 0.717) is 0 Å². The molecule has 1 aromatic rings. The second-order valence-corrected chi connectivity index (χ2v) is 5.42. The minimum Gasteiger partial charge on any atom is -0.307 e. The van der Waals surface area contributed by atoms with Crippen LogP contribution in [0.2, 0.25) is 0 Å². The van der Waals surface area contributed by atoms with Gasteiger partial charge in [-0.05, 0) is 51.3 Å². The van der Waals surface area contributed by atoms with Gasteiger partial charge < -0.3 is 5.32 Å². The molecule has 1 rings (SSSR count). The summed E-state index contributed by atoms with van der Waals surface area (Å²) in [7, 11) is 0. The van der Waals surface area contributed by atoms with Crippen LogP contribution in [0.5, 0.6) is 0 Å². The van der Waals surface area contributed by atoms with Gasteiger partial charge in [0.25, 0.3) is 0 Å². The molecule has 4 heteroatoms. The zero-order valence-corrected chi connectivity index (χ0v) is 12.2. The van der Waals surface area contributed by atoms with Crippen molar-refractivity contribution in [1.82, 2.24) is 5.32 Å². The van der Waals surface area contributed by atoms with Gasteiger partial charge in [-0.2, -0.15) is 13.2 Å². The highest BCUT2D eigenvalue weighted by molar-refractivity contribution is 5.39. The van der Waals surface area contributed by atoms with E-state index >= 15 is 0 Å². The molecule has 0 aliphatic carbocycles. The summed E-state index contributed by atoms with van der Waals surface area (Å²) < 4.78 is 37.0. The summed E-state index contributed by atoms with van der Waals surface area (Å²) >= 11 is 0. The van der Waals surface area contributed by atoms with E-state index in [1.54, 1.807) is 6.92 Å². The molecule has 1 aromatic carbocycles. The van der Waals surface area contributed by atoms with Crippen molar-refractivity contribution in [2.24, 2.45) is 0 Å². The van der Waals surface area contributed by atoms with Gasteiger partial charge in [0.2, 0.25) is 0 Å². The van der Waals surface area contributed by atoms with Crippen LogP contribution >= 0.6 is 0 Å². The predicted octanol–water partition coefficient (Wildman–Crippen LogP) is 4.60. The summed E-state index contributed by atoms with van der Waals surface area (Å²) in [4.78, 5) is 0. The Morgan fingerprint density at radius 3 is 1.95 bits per heavy atom. The molecule has 2 unspecified atom stereocenters. The maximum atomic E-state index is 12.3. The summed E-state index contributed by atoms with van der Waals surface area (Å²) in [6.07, 6.45) is -4.93. The monoisotopic (exact) mass is 273 g/mol. The molecule has 0 aliphatic heterocycles. The summed E-state index contributed by atoms with van der Waals surface area (Å²) in [5.41, 5.74) is 4.52. The van der Waals surface area contributed by atoms with Crippen molar-refractivity contribution >= 4 is 0 Å². The minimum atomic E-state index is -4.12. The van der Waals surface area contributed by atoms with Crippen molar-refractivity contribution in [2.45, 2.75) is 59.3 Å². The Bertz CT molecular complexity index is 415. The molecule has 0 heterocycles. The number of nitrogens with one attached hydrogen (secondary N) is 1. The molecule has 0 radical (unpaired) electrons. The maximum Gasteiger partial charge on any atom is 0.390 e. The van der Waals surface area contributed by atoms with Crippen molar-refractivity contribution in [3.05, 3.63) is 34.4 Å². The average molecular weight is 273 g/mol. The van der Waals surface area contributed by atoms with Gasteiger partial charge in [-0.25, -0.2) is 0 Å². The van der Waals surface area contributed by atoms with Crippen LogP contribution in [0.1, 0.15) is 48.6 Å². The van der Waals surface area contributed by atoms with E-state index in [0.717, 1.165) is 16.7 Å². The van der Waals surface area contributed by atoms with Crippen molar-refractivity contribution in [1.29, 1.82) is 0 Å². The molecule has 0 bridgehead atoms. The number of hydrogen-bond donors (Lipinski definition) is 1. The first kappa shape index (κ1) is 16.0. The van der Waals surface area contributed by atoms with E-state index in [2.05, 4.69) is 17.4 Å². The minimum absolute atomic E-state index is 0.0852. The van der Waals surface area contributed by atoms with Crippen molar-refractivity contribution in [2.75, 3.05) is 0 Å². The Balaban J connectivity index is 2.81. The van der Waals surface area contributed by atoms with E-state index in [1.807, 2.05) is 27.7 Å². The van der Waals surface area contributed by atoms with Crippen molar-refractivity contribution in [3.63, 3.8) is 0 Å². The zero-order valence-electron chi connectivity index (χ0n) is 12.2. The summed E-state index contributed by atoms with van der Waals surface area (Å²) in [5, 5.41) is 3.03. The lowest BCUT2D eigenvalue weighted by Gasteiger charge is -2.24. The first-order chi connectivity index (χ1) is 8.60. The van der Waals surface area contributed by atoms with Gasteiger partial charge in [0.15, 0.2) is 0 Å². The molecule has 108 valence electrons. The van der Waals surface area contributed by atoms with Crippen molar-refractivity contribution in [3.8, 4) is 0 Å². The normalized spacial score (nSPS) is 15.4. The van der Waals surface area contributed by atoms with Crippen LogP contribution in [0, 0.1) is 20.8 Å².